The molecule has 0 aromatic heterocycles. The molecule has 0 aliphatic carbocycles. The summed E-state index contributed by atoms with van der Waals surface area (Å²) in [6.07, 6.45) is -4.36. The molecule has 0 aliphatic rings. The van der Waals surface area contributed by atoms with Crippen molar-refractivity contribution in [3.05, 3.63) is 28.8 Å². The highest BCUT2D eigenvalue weighted by Gasteiger charge is 2.39. The van der Waals surface area contributed by atoms with Gasteiger partial charge in [-0.15, -0.1) is 0 Å². The third-order valence-corrected chi connectivity index (χ3v) is 6.21. The minimum Gasteiger partial charge on any atom is -0.166 e. The van der Waals surface area contributed by atoms with Gasteiger partial charge < -0.3 is 0 Å². The molecular formula is C15H20Br2F3P. The van der Waals surface area contributed by atoms with Gasteiger partial charge >= 0.3 is 6.18 Å². The van der Waals surface area contributed by atoms with Crippen LogP contribution in [0, 0.1) is 0 Å². The van der Waals surface area contributed by atoms with Crippen molar-refractivity contribution in [1.29, 1.82) is 0 Å². The van der Waals surface area contributed by atoms with Gasteiger partial charge in [0.1, 0.15) is 0 Å². The van der Waals surface area contributed by atoms with E-state index in [1.807, 2.05) is 47.6 Å². The van der Waals surface area contributed by atoms with Gasteiger partial charge in [0.05, 0.1) is 10.9 Å². The number of rotatable bonds is 1. The second-order valence-electron chi connectivity index (χ2n) is 7.15. The topological polar surface area (TPSA) is 0 Å². The molecular weight excluding hydrogens is 428 g/mol. The zero-order valence-electron chi connectivity index (χ0n) is 13.0. The van der Waals surface area contributed by atoms with E-state index in [1.165, 1.54) is 6.07 Å². The van der Waals surface area contributed by atoms with E-state index < -0.39 is 17.1 Å². The van der Waals surface area contributed by atoms with E-state index in [9.17, 15) is 13.2 Å². The normalized spacial score (nSPS) is 13.9. The fourth-order valence-electron chi connectivity index (χ4n) is 2.04. The Hall–Kier alpha value is 0.400. The highest BCUT2D eigenvalue weighted by atomic mass is 79.9. The molecule has 0 saturated carbocycles. The number of alkyl halides is 3. The van der Waals surface area contributed by atoms with Crippen molar-refractivity contribution in [2.24, 2.45) is 0 Å². The first kappa shape index (κ1) is 19.4. The molecule has 0 radical (unpaired) electrons. The summed E-state index contributed by atoms with van der Waals surface area (Å²) in [7, 11) is 0. The second-order valence-corrected chi connectivity index (χ2v) is 15.2. The number of benzene rings is 1. The monoisotopic (exact) mass is 446 g/mol. The first-order valence-electron chi connectivity index (χ1n) is 6.53. The summed E-state index contributed by atoms with van der Waals surface area (Å²) < 4.78 is 40.5. The molecule has 120 valence electrons. The lowest BCUT2D eigenvalue weighted by Crippen LogP contribution is -2.29. The molecule has 6 heteroatoms. The maximum atomic E-state index is 13.5. The van der Waals surface area contributed by atoms with Crippen LogP contribution in [0.2, 0.25) is 0 Å². The summed E-state index contributed by atoms with van der Waals surface area (Å²) in [5.41, 5.74) is 0.209. The summed E-state index contributed by atoms with van der Waals surface area (Å²) in [5, 5.41) is -0.877. The molecule has 1 rings (SSSR count). The van der Waals surface area contributed by atoms with Gasteiger partial charge in [0.25, 0.3) is 0 Å². The lowest BCUT2D eigenvalue weighted by atomic mass is 9.79. The number of hydrogen-bond donors (Lipinski definition) is 0. The third-order valence-electron chi connectivity index (χ3n) is 3.26. The molecule has 0 aliphatic heterocycles. The summed E-state index contributed by atoms with van der Waals surface area (Å²) in [6.45, 7) is 11.6. The Balaban J connectivity index is 3.85. The molecule has 21 heavy (non-hydrogen) atoms. The largest absolute Gasteiger partial charge is 0.417 e. The Morgan fingerprint density at radius 3 is 1.52 bits per heavy atom. The lowest BCUT2D eigenvalue weighted by Gasteiger charge is -2.30. The van der Waals surface area contributed by atoms with Crippen LogP contribution in [0.1, 0.15) is 58.2 Å². The number of hydrogen-bond acceptors (Lipinski definition) is 0. The predicted molar refractivity (Wildman–Crippen MR) is 93.3 cm³/mol. The first-order chi connectivity index (χ1) is 9.15. The quantitative estimate of drug-likeness (QED) is 0.405. The van der Waals surface area contributed by atoms with Crippen LogP contribution in [0.15, 0.2) is 12.1 Å². The highest BCUT2D eigenvalue weighted by molar-refractivity contribution is 9.70. The van der Waals surface area contributed by atoms with Crippen molar-refractivity contribution in [3.8, 4) is 0 Å². The van der Waals surface area contributed by atoms with Crippen molar-refractivity contribution in [2.45, 2.75) is 58.5 Å². The molecule has 0 spiro atoms. The molecule has 0 atom stereocenters. The molecule has 0 amide bonds. The zero-order valence-corrected chi connectivity index (χ0v) is 17.1. The average Bonchev–Trinajstić information content (AvgIpc) is 2.23. The van der Waals surface area contributed by atoms with Crippen molar-refractivity contribution < 1.29 is 13.2 Å². The summed E-state index contributed by atoms with van der Waals surface area (Å²) in [5.74, 6) is 0. The van der Waals surface area contributed by atoms with Crippen LogP contribution in [-0.4, -0.2) is 0 Å². The van der Waals surface area contributed by atoms with E-state index in [-0.39, 0.29) is 10.8 Å². The van der Waals surface area contributed by atoms with Crippen LogP contribution in [0.4, 0.5) is 13.2 Å². The van der Waals surface area contributed by atoms with Gasteiger partial charge in [-0.05, 0) is 59.0 Å². The Morgan fingerprint density at radius 1 is 0.810 bits per heavy atom. The molecule has 0 nitrogen and oxygen atoms in total. The maximum Gasteiger partial charge on any atom is 0.417 e. The molecule has 1 aromatic rings. The van der Waals surface area contributed by atoms with Gasteiger partial charge in [-0.2, -0.15) is 13.2 Å². The van der Waals surface area contributed by atoms with Crippen molar-refractivity contribution in [2.75, 3.05) is 0 Å². The van der Waals surface area contributed by atoms with Crippen LogP contribution < -0.4 is 5.30 Å². The van der Waals surface area contributed by atoms with Crippen LogP contribution >= 0.6 is 36.3 Å². The van der Waals surface area contributed by atoms with Crippen molar-refractivity contribution in [3.63, 3.8) is 0 Å². The smallest absolute Gasteiger partial charge is 0.166 e. The molecule has 0 fully saturated rings. The van der Waals surface area contributed by atoms with E-state index in [4.69, 9.17) is 0 Å². The molecule has 0 heterocycles. The van der Waals surface area contributed by atoms with Gasteiger partial charge in [-0.25, -0.2) is 0 Å². The van der Waals surface area contributed by atoms with Crippen LogP contribution in [-0.2, 0) is 17.0 Å². The third kappa shape index (κ3) is 4.68. The molecule has 0 bridgehead atoms. The van der Waals surface area contributed by atoms with E-state index >= 15 is 0 Å². The van der Waals surface area contributed by atoms with Gasteiger partial charge in [0, 0.05) is 5.30 Å². The Morgan fingerprint density at radius 2 is 1.24 bits per heavy atom. The van der Waals surface area contributed by atoms with Crippen molar-refractivity contribution in [1.82, 2.24) is 0 Å². The maximum absolute atomic E-state index is 13.5. The molecule has 0 saturated heterocycles. The predicted octanol–water partition coefficient (Wildman–Crippen LogP) is 7.03. The second kappa shape index (κ2) is 6.13. The minimum atomic E-state index is -4.36. The van der Waals surface area contributed by atoms with Gasteiger partial charge in [0.2, 0.25) is 0 Å². The average molecular weight is 448 g/mol. The molecule has 1 aromatic carbocycles. The Kier molecular flexibility index (Phi) is 5.67. The van der Waals surface area contributed by atoms with E-state index in [0.29, 0.717) is 10.9 Å². The lowest BCUT2D eigenvalue weighted by molar-refractivity contribution is -0.136. The van der Waals surface area contributed by atoms with Crippen molar-refractivity contribution >= 4 is 41.6 Å². The fourth-order valence-corrected chi connectivity index (χ4v) is 5.29. The van der Waals surface area contributed by atoms with Crippen LogP contribution in [0.3, 0.4) is 0 Å². The van der Waals surface area contributed by atoms with Crippen LogP contribution in [0.5, 0.6) is 0 Å². The Bertz CT molecular complexity index is 488. The van der Waals surface area contributed by atoms with Gasteiger partial charge in [-0.3, -0.25) is 0 Å². The van der Waals surface area contributed by atoms with E-state index in [1.54, 1.807) is 0 Å². The fraction of sp³-hybridized carbons (Fsp3) is 0.600. The summed E-state index contributed by atoms with van der Waals surface area (Å²) >= 11 is 6.65. The molecule has 0 N–H and O–H groups in total. The highest BCUT2D eigenvalue weighted by Crippen LogP contribution is 2.55. The summed E-state index contributed by atoms with van der Waals surface area (Å²) in [4.78, 5) is 0. The van der Waals surface area contributed by atoms with Gasteiger partial charge in [-0.1, -0.05) is 47.6 Å². The Labute approximate surface area is 142 Å². The van der Waals surface area contributed by atoms with E-state index in [0.717, 1.165) is 5.56 Å². The molecule has 0 unspecified atom stereocenters. The van der Waals surface area contributed by atoms with Gasteiger partial charge in [0.15, 0.2) is 0 Å². The number of halogens is 5. The zero-order chi connectivity index (χ0) is 16.8. The van der Waals surface area contributed by atoms with E-state index in [2.05, 4.69) is 31.0 Å². The van der Waals surface area contributed by atoms with Crippen LogP contribution in [0.25, 0.3) is 0 Å². The first-order valence-corrected chi connectivity index (χ1v) is 11.9. The minimum absolute atomic E-state index is 0.331. The summed E-state index contributed by atoms with van der Waals surface area (Å²) in [6, 6.07) is 3.21. The SMILES string of the molecule is CC(C)(C)c1cc(C(C)(C)C)c(P(Br)Br)c(C(F)(F)F)c1. The standard InChI is InChI=1S/C15H20Br2F3P/c1-13(2,3)9-7-10(14(4,5)6)12(21(16)17)11(8-9)15(18,19)20/h7-8H,1-6H3.